The lowest BCUT2D eigenvalue weighted by molar-refractivity contribution is 0.301. The van der Waals surface area contributed by atoms with Gasteiger partial charge in [0.1, 0.15) is 17.4 Å². The van der Waals surface area contributed by atoms with Crippen LogP contribution in [0.5, 0.6) is 5.75 Å². The fourth-order valence-electron chi connectivity index (χ4n) is 1.91. The second-order valence-electron chi connectivity index (χ2n) is 4.75. The smallest absolute Gasteiger partial charge is 0.143 e. The van der Waals surface area contributed by atoms with Gasteiger partial charge in [-0.3, -0.25) is 0 Å². The third-order valence-electron chi connectivity index (χ3n) is 3.07. The van der Waals surface area contributed by atoms with Crippen LogP contribution >= 0.6 is 34.5 Å². The van der Waals surface area contributed by atoms with Crippen molar-refractivity contribution in [1.29, 1.82) is 0 Å². The molecule has 0 atom stereocenters. The highest BCUT2D eigenvalue weighted by atomic mass is 35.5. The molecule has 6 heteroatoms. The summed E-state index contributed by atoms with van der Waals surface area (Å²) < 4.78 is 5.84. The highest BCUT2D eigenvalue weighted by Gasteiger charge is 2.21. The summed E-state index contributed by atoms with van der Waals surface area (Å²) >= 11 is 13.9. The van der Waals surface area contributed by atoms with E-state index in [0.29, 0.717) is 28.4 Å². The third-order valence-corrected chi connectivity index (χ3v) is 4.32. The molecule has 0 aliphatic heterocycles. The van der Waals surface area contributed by atoms with E-state index in [9.17, 15) is 0 Å². The summed E-state index contributed by atoms with van der Waals surface area (Å²) in [6.07, 6.45) is 4.25. The van der Waals surface area contributed by atoms with Crippen LogP contribution in [-0.2, 0) is 13.2 Å². The van der Waals surface area contributed by atoms with E-state index in [2.05, 4.69) is 10.3 Å². The van der Waals surface area contributed by atoms with Crippen molar-refractivity contribution < 1.29 is 4.74 Å². The van der Waals surface area contributed by atoms with Gasteiger partial charge in [-0.25, -0.2) is 4.98 Å². The molecule has 1 aliphatic rings. The van der Waals surface area contributed by atoms with Crippen LogP contribution in [0.4, 0.5) is 0 Å². The number of hydrogen-bond donors (Lipinski definition) is 1. The molecule has 1 heterocycles. The number of benzene rings is 1. The lowest BCUT2D eigenvalue weighted by Crippen LogP contribution is -2.16. The summed E-state index contributed by atoms with van der Waals surface area (Å²) in [5, 5.41) is 7.48. The molecule has 3 nitrogen and oxygen atoms in total. The number of hydrogen-bond acceptors (Lipinski definition) is 4. The highest BCUT2D eigenvalue weighted by molar-refractivity contribution is 7.09. The Bertz CT molecular complexity index is 585. The van der Waals surface area contributed by atoms with Crippen LogP contribution in [0.25, 0.3) is 0 Å². The second-order valence-corrected chi connectivity index (χ2v) is 6.57. The minimum absolute atomic E-state index is 0.426. The van der Waals surface area contributed by atoms with Crippen molar-refractivity contribution in [2.45, 2.75) is 32.0 Å². The minimum atomic E-state index is 0.426. The zero-order valence-corrected chi connectivity index (χ0v) is 13.1. The maximum atomic E-state index is 6.25. The van der Waals surface area contributed by atoms with Gasteiger partial charge in [-0.2, -0.15) is 0 Å². The van der Waals surface area contributed by atoms with Gasteiger partial charge < -0.3 is 10.1 Å². The average molecular weight is 329 g/mol. The maximum Gasteiger partial charge on any atom is 0.143 e. The van der Waals surface area contributed by atoms with Crippen LogP contribution in [0.3, 0.4) is 0 Å². The van der Waals surface area contributed by atoms with E-state index in [0.717, 1.165) is 17.1 Å². The van der Waals surface area contributed by atoms with Crippen molar-refractivity contribution in [3.63, 3.8) is 0 Å². The number of nitrogens with zero attached hydrogens (tertiary/aromatic N) is 1. The number of rotatable bonds is 6. The summed E-state index contributed by atoms with van der Waals surface area (Å²) in [5.41, 5.74) is 0.992. The van der Waals surface area contributed by atoms with Crippen molar-refractivity contribution in [3.05, 3.63) is 44.3 Å². The molecule has 0 amide bonds. The van der Waals surface area contributed by atoms with Crippen molar-refractivity contribution in [1.82, 2.24) is 10.3 Å². The van der Waals surface area contributed by atoms with Gasteiger partial charge in [0, 0.05) is 34.7 Å². The molecule has 3 rings (SSSR count). The summed E-state index contributed by atoms with van der Waals surface area (Å²) in [7, 11) is 0. The quantitative estimate of drug-likeness (QED) is 0.859. The molecule has 1 saturated carbocycles. The van der Waals surface area contributed by atoms with Crippen LogP contribution in [-0.4, -0.2) is 11.0 Å². The SMILES string of the molecule is Clc1cc(Cl)c(OCc2nccs2)c(CNC2CC2)c1. The molecular weight excluding hydrogens is 315 g/mol. The number of halogens is 2. The predicted octanol–water partition coefficient (Wildman–Crippen LogP) is 4.28. The Hall–Kier alpha value is -0.810. The van der Waals surface area contributed by atoms with Crippen molar-refractivity contribution in [3.8, 4) is 5.75 Å². The summed E-state index contributed by atoms with van der Waals surface area (Å²) in [5.74, 6) is 0.694. The van der Waals surface area contributed by atoms with Crippen molar-refractivity contribution in [2.75, 3.05) is 0 Å². The fraction of sp³-hybridized carbons (Fsp3) is 0.357. The number of aromatic nitrogens is 1. The predicted molar refractivity (Wildman–Crippen MR) is 82.8 cm³/mol. The topological polar surface area (TPSA) is 34.1 Å². The van der Waals surface area contributed by atoms with E-state index in [1.54, 1.807) is 23.6 Å². The second kappa shape index (κ2) is 6.31. The van der Waals surface area contributed by atoms with Gasteiger partial charge in [0.25, 0.3) is 0 Å². The summed E-state index contributed by atoms with van der Waals surface area (Å²) in [4.78, 5) is 4.20. The Morgan fingerprint density at radius 3 is 2.90 bits per heavy atom. The number of thiazole rings is 1. The molecule has 1 N–H and O–H groups in total. The molecule has 0 spiro atoms. The molecule has 20 heavy (non-hydrogen) atoms. The van der Waals surface area contributed by atoms with Gasteiger partial charge in [-0.05, 0) is 25.0 Å². The van der Waals surface area contributed by atoms with E-state index >= 15 is 0 Å². The molecule has 1 fully saturated rings. The van der Waals surface area contributed by atoms with Crippen LogP contribution in [0.2, 0.25) is 10.0 Å². The van der Waals surface area contributed by atoms with Gasteiger partial charge in [0.15, 0.2) is 0 Å². The van der Waals surface area contributed by atoms with Crippen LogP contribution in [0, 0.1) is 0 Å². The molecule has 2 aromatic rings. The van der Waals surface area contributed by atoms with E-state index in [1.807, 2.05) is 11.4 Å². The average Bonchev–Trinajstić information content (AvgIpc) is 3.10. The van der Waals surface area contributed by atoms with E-state index in [1.165, 1.54) is 12.8 Å². The van der Waals surface area contributed by atoms with Gasteiger partial charge in [0.2, 0.25) is 0 Å². The van der Waals surface area contributed by atoms with Gasteiger partial charge in [-0.15, -0.1) is 11.3 Å². The molecular formula is C14H14Cl2N2OS. The molecule has 0 radical (unpaired) electrons. The molecule has 0 saturated heterocycles. The Labute approximate surface area is 131 Å². The van der Waals surface area contributed by atoms with E-state index < -0.39 is 0 Å². The first-order valence-corrected chi connectivity index (χ1v) is 8.08. The molecule has 1 aromatic carbocycles. The van der Waals surface area contributed by atoms with Crippen LogP contribution in [0.15, 0.2) is 23.7 Å². The van der Waals surface area contributed by atoms with Gasteiger partial charge in [-0.1, -0.05) is 23.2 Å². The summed E-state index contributed by atoms with van der Waals surface area (Å²) in [6.45, 7) is 1.15. The molecule has 1 aliphatic carbocycles. The highest BCUT2D eigenvalue weighted by Crippen LogP contribution is 2.33. The van der Waals surface area contributed by atoms with Crippen molar-refractivity contribution in [2.24, 2.45) is 0 Å². The largest absolute Gasteiger partial charge is 0.485 e. The first kappa shape index (κ1) is 14.1. The standard InChI is InChI=1S/C14H14Cl2N2OS/c15-10-5-9(7-18-11-1-2-11)14(12(16)6-10)19-8-13-17-3-4-20-13/h3-6,11,18H,1-2,7-8H2. The normalized spacial score (nSPS) is 14.5. The lowest BCUT2D eigenvalue weighted by atomic mass is 10.2. The van der Waals surface area contributed by atoms with E-state index in [-0.39, 0.29) is 0 Å². The van der Waals surface area contributed by atoms with Gasteiger partial charge >= 0.3 is 0 Å². The fourth-order valence-corrected chi connectivity index (χ4v) is 3.02. The molecule has 0 unspecified atom stereocenters. The van der Waals surface area contributed by atoms with Gasteiger partial charge in [0.05, 0.1) is 5.02 Å². The van der Waals surface area contributed by atoms with Crippen molar-refractivity contribution >= 4 is 34.5 Å². The first-order valence-electron chi connectivity index (χ1n) is 6.45. The minimum Gasteiger partial charge on any atom is -0.485 e. The first-order chi connectivity index (χ1) is 9.72. The Kier molecular flexibility index (Phi) is 4.46. The number of ether oxygens (including phenoxy) is 1. The zero-order valence-electron chi connectivity index (χ0n) is 10.7. The number of nitrogens with one attached hydrogen (secondary N) is 1. The summed E-state index contributed by atoms with van der Waals surface area (Å²) in [6, 6.07) is 4.24. The molecule has 0 bridgehead atoms. The molecule has 1 aromatic heterocycles. The zero-order chi connectivity index (χ0) is 13.9. The molecule has 106 valence electrons. The monoisotopic (exact) mass is 328 g/mol. The third kappa shape index (κ3) is 3.64. The Morgan fingerprint density at radius 1 is 1.35 bits per heavy atom. The lowest BCUT2D eigenvalue weighted by Gasteiger charge is -2.13. The Balaban J connectivity index is 1.75. The van der Waals surface area contributed by atoms with E-state index in [4.69, 9.17) is 27.9 Å². The van der Waals surface area contributed by atoms with Crippen LogP contribution in [0.1, 0.15) is 23.4 Å². The maximum absolute atomic E-state index is 6.25. The Morgan fingerprint density at radius 2 is 2.20 bits per heavy atom. The van der Waals surface area contributed by atoms with Crippen LogP contribution < -0.4 is 10.1 Å².